The van der Waals surface area contributed by atoms with Crippen LogP contribution in [0, 0.1) is 0 Å². The van der Waals surface area contributed by atoms with Gasteiger partial charge in [0.05, 0.1) is 0 Å². The standard InChI is InChI=1S/C50H35NS/c1-3-9-34(10-4-1)36-21-24-44(25-22-36)51(46-27-28-48-47-13-7-8-14-49(47)52-50(48)33-46)45-26-23-37-15-16-42(31-43(37)32-45)41-20-19-39-29-38(17-18-40(39)30-41)35-11-5-2-6-12-35/h1-33,47,49H. The summed E-state index contributed by atoms with van der Waals surface area (Å²) in [6.07, 6.45) is 9.06. The van der Waals surface area contributed by atoms with Crippen LogP contribution in [-0.4, -0.2) is 5.25 Å². The Morgan fingerprint density at radius 2 is 0.865 bits per heavy atom. The van der Waals surface area contributed by atoms with Crippen molar-refractivity contribution >= 4 is 50.4 Å². The highest BCUT2D eigenvalue weighted by Gasteiger charge is 2.31. The molecule has 0 saturated heterocycles. The number of hydrogen-bond acceptors (Lipinski definition) is 2. The summed E-state index contributed by atoms with van der Waals surface area (Å²) in [6, 6.07) is 64.6. The van der Waals surface area contributed by atoms with Gasteiger partial charge in [0.2, 0.25) is 0 Å². The number of hydrogen-bond donors (Lipinski definition) is 0. The van der Waals surface area contributed by atoms with Crippen molar-refractivity contribution in [1.29, 1.82) is 0 Å². The number of thioether (sulfide) groups is 1. The van der Waals surface area contributed by atoms with E-state index >= 15 is 0 Å². The van der Waals surface area contributed by atoms with Crippen LogP contribution < -0.4 is 4.90 Å². The molecule has 2 heteroatoms. The van der Waals surface area contributed by atoms with E-state index in [1.54, 1.807) is 0 Å². The highest BCUT2D eigenvalue weighted by atomic mass is 32.2. The monoisotopic (exact) mass is 681 g/mol. The van der Waals surface area contributed by atoms with Gasteiger partial charge in [-0.1, -0.05) is 146 Å². The van der Waals surface area contributed by atoms with Gasteiger partial charge < -0.3 is 4.90 Å². The smallest absolute Gasteiger partial charge is 0.0472 e. The van der Waals surface area contributed by atoms with Gasteiger partial charge in [-0.3, -0.25) is 0 Å². The maximum atomic E-state index is 2.41. The molecule has 2 atom stereocenters. The van der Waals surface area contributed by atoms with Crippen LogP contribution in [0.2, 0.25) is 0 Å². The molecular weight excluding hydrogens is 647 g/mol. The maximum absolute atomic E-state index is 2.41. The Hall–Kier alpha value is -6.09. The normalized spacial score (nSPS) is 15.8. The molecular formula is C50H35NS. The zero-order valence-electron chi connectivity index (χ0n) is 28.6. The van der Waals surface area contributed by atoms with Gasteiger partial charge >= 0.3 is 0 Å². The van der Waals surface area contributed by atoms with Gasteiger partial charge in [-0.05, 0) is 115 Å². The van der Waals surface area contributed by atoms with Crippen molar-refractivity contribution in [3.8, 4) is 33.4 Å². The van der Waals surface area contributed by atoms with E-state index in [1.165, 1.54) is 71.1 Å². The Kier molecular flexibility index (Phi) is 7.62. The van der Waals surface area contributed by atoms with Gasteiger partial charge in [-0.25, -0.2) is 0 Å². The summed E-state index contributed by atoms with van der Waals surface area (Å²) < 4.78 is 0. The summed E-state index contributed by atoms with van der Waals surface area (Å²) >= 11 is 1.98. The second-order valence-electron chi connectivity index (χ2n) is 13.7. The third-order valence-corrected chi connectivity index (χ3v) is 11.9. The predicted molar refractivity (Wildman–Crippen MR) is 223 cm³/mol. The molecule has 0 radical (unpaired) electrons. The topological polar surface area (TPSA) is 3.24 Å². The Morgan fingerprint density at radius 3 is 1.58 bits per heavy atom. The van der Waals surface area contributed by atoms with E-state index in [4.69, 9.17) is 0 Å². The van der Waals surface area contributed by atoms with Crippen LogP contribution in [0.1, 0.15) is 11.5 Å². The molecule has 1 aliphatic heterocycles. The first-order chi connectivity index (χ1) is 25.7. The summed E-state index contributed by atoms with van der Waals surface area (Å²) in [7, 11) is 0. The molecule has 0 fully saturated rings. The average Bonchev–Trinajstić information content (AvgIpc) is 3.59. The molecule has 8 aromatic carbocycles. The van der Waals surface area contributed by atoms with Gasteiger partial charge in [0.25, 0.3) is 0 Å². The van der Waals surface area contributed by atoms with E-state index < -0.39 is 0 Å². The Balaban J connectivity index is 1.04. The van der Waals surface area contributed by atoms with Crippen LogP contribution in [-0.2, 0) is 0 Å². The molecule has 0 spiro atoms. The molecule has 1 heterocycles. The molecule has 0 amide bonds. The van der Waals surface area contributed by atoms with Gasteiger partial charge in [-0.15, -0.1) is 11.8 Å². The molecule has 1 nitrogen and oxygen atoms in total. The second kappa shape index (κ2) is 12.9. The molecule has 0 saturated carbocycles. The number of rotatable bonds is 6. The Labute approximate surface area is 309 Å². The fourth-order valence-corrected chi connectivity index (χ4v) is 9.21. The van der Waals surface area contributed by atoms with Crippen molar-refractivity contribution in [2.45, 2.75) is 16.1 Å². The fraction of sp³-hybridized carbons (Fsp3) is 0.0400. The number of fused-ring (bicyclic) bond motifs is 5. The molecule has 2 unspecified atom stereocenters. The zero-order valence-corrected chi connectivity index (χ0v) is 29.4. The molecule has 2 aliphatic rings. The van der Waals surface area contributed by atoms with E-state index in [0.717, 1.165) is 11.4 Å². The van der Waals surface area contributed by atoms with Gasteiger partial charge in [0.1, 0.15) is 0 Å². The van der Waals surface area contributed by atoms with Crippen LogP contribution in [0.25, 0.3) is 54.9 Å². The van der Waals surface area contributed by atoms with Crippen LogP contribution in [0.5, 0.6) is 0 Å². The summed E-state index contributed by atoms with van der Waals surface area (Å²) in [5.74, 6) is 0.442. The highest BCUT2D eigenvalue weighted by Crippen LogP contribution is 2.50. The first kappa shape index (κ1) is 30.7. The van der Waals surface area contributed by atoms with Crippen molar-refractivity contribution in [3.63, 3.8) is 0 Å². The van der Waals surface area contributed by atoms with E-state index in [0.29, 0.717) is 11.2 Å². The van der Waals surface area contributed by atoms with Crippen LogP contribution >= 0.6 is 11.8 Å². The van der Waals surface area contributed by atoms with Crippen molar-refractivity contribution in [2.75, 3.05) is 4.90 Å². The molecule has 0 aromatic heterocycles. The highest BCUT2D eigenvalue weighted by molar-refractivity contribution is 8.00. The summed E-state index contributed by atoms with van der Waals surface area (Å²) in [5.41, 5.74) is 12.2. The summed E-state index contributed by atoms with van der Waals surface area (Å²) in [4.78, 5) is 3.78. The number of nitrogens with zero attached hydrogens (tertiary/aromatic N) is 1. The lowest BCUT2D eigenvalue weighted by atomic mass is 9.92. The van der Waals surface area contributed by atoms with Crippen molar-refractivity contribution in [1.82, 2.24) is 0 Å². The van der Waals surface area contributed by atoms with Crippen molar-refractivity contribution < 1.29 is 0 Å². The van der Waals surface area contributed by atoms with Gasteiger partial charge in [-0.2, -0.15) is 0 Å². The SMILES string of the molecule is C1=CC2Sc3cc(N(c4ccc(-c5ccccc5)cc4)c4ccc5ccc(-c6ccc7cc(-c8ccccc8)ccc7c6)cc5c4)ccc3C2C=C1. The van der Waals surface area contributed by atoms with E-state index in [2.05, 4.69) is 205 Å². The summed E-state index contributed by atoms with van der Waals surface area (Å²) in [6.45, 7) is 0. The molecule has 10 rings (SSSR count). The lowest BCUT2D eigenvalue weighted by Crippen LogP contribution is -2.10. The van der Waals surface area contributed by atoms with E-state index in [-0.39, 0.29) is 0 Å². The molecule has 52 heavy (non-hydrogen) atoms. The third-order valence-electron chi connectivity index (χ3n) is 10.6. The van der Waals surface area contributed by atoms with Crippen LogP contribution in [0.4, 0.5) is 17.1 Å². The fourth-order valence-electron chi connectivity index (χ4n) is 7.84. The van der Waals surface area contributed by atoms with E-state index in [1.807, 2.05) is 11.8 Å². The van der Waals surface area contributed by atoms with Gasteiger partial charge in [0, 0.05) is 33.1 Å². The average molecular weight is 682 g/mol. The number of benzene rings is 8. The number of allylic oxidation sites excluding steroid dienone is 3. The molecule has 246 valence electrons. The second-order valence-corrected chi connectivity index (χ2v) is 15.0. The zero-order chi connectivity index (χ0) is 34.4. The molecule has 1 aliphatic carbocycles. The molecule has 0 bridgehead atoms. The minimum atomic E-state index is 0.442. The van der Waals surface area contributed by atoms with Gasteiger partial charge in [0.15, 0.2) is 0 Å². The largest absolute Gasteiger partial charge is 0.310 e. The predicted octanol–water partition coefficient (Wildman–Crippen LogP) is 14.1. The van der Waals surface area contributed by atoms with Crippen LogP contribution in [0.15, 0.2) is 205 Å². The third kappa shape index (κ3) is 5.62. The Morgan fingerprint density at radius 1 is 0.365 bits per heavy atom. The minimum absolute atomic E-state index is 0.442. The molecule has 0 N–H and O–H groups in total. The minimum Gasteiger partial charge on any atom is -0.310 e. The first-order valence-electron chi connectivity index (χ1n) is 18.0. The summed E-state index contributed by atoms with van der Waals surface area (Å²) in [5, 5.41) is 5.41. The van der Waals surface area contributed by atoms with Crippen LogP contribution in [0.3, 0.4) is 0 Å². The quantitative estimate of drug-likeness (QED) is 0.172. The lowest BCUT2D eigenvalue weighted by Gasteiger charge is -2.27. The van der Waals surface area contributed by atoms with E-state index in [9.17, 15) is 0 Å². The maximum Gasteiger partial charge on any atom is 0.0472 e. The first-order valence-corrected chi connectivity index (χ1v) is 18.9. The number of anilines is 3. The van der Waals surface area contributed by atoms with Crippen molar-refractivity contribution in [3.05, 3.63) is 206 Å². The lowest BCUT2D eigenvalue weighted by molar-refractivity contribution is 0.881. The molecule has 8 aromatic rings. The van der Waals surface area contributed by atoms with Crippen molar-refractivity contribution in [2.24, 2.45) is 0 Å². The Bertz CT molecular complexity index is 2660.